The fraction of sp³-hybridized carbons (Fsp3) is 0.222. The number of rotatable bonds is 2. The summed E-state index contributed by atoms with van der Waals surface area (Å²) in [5.41, 5.74) is 0.491. The van der Waals surface area contributed by atoms with E-state index in [1.807, 2.05) is 6.92 Å². The molecule has 1 nitrogen and oxygen atoms in total. The fourth-order valence-electron chi connectivity index (χ4n) is 0.886. The molecule has 1 rings (SSSR count). The van der Waals surface area contributed by atoms with Gasteiger partial charge in [0.15, 0.2) is 0 Å². The first-order chi connectivity index (χ1) is 6.54. The zero-order valence-corrected chi connectivity index (χ0v) is 10.6. The highest BCUT2D eigenvalue weighted by Crippen LogP contribution is 2.31. The Hall–Kier alpha value is -0.190. The van der Waals surface area contributed by atoms with Crippen LogP contribution in [-0.4, -0.2) is 4.99 Å². The molecule has 76 valence electrons. The van der Waals surface area contributed by atoms with Crippen LogP contribution in [0.2, 0.25) is 5.02 Å². The highest BCUT2D eigenvalue weighted by molar-refractivity contribution is 9.10. The summed E-state index contributed by atoms with van der Waals surface area (Å²) in [7, 11) is 0. The van der Waals surface area contributed by atoms with E-state index in [4.69, 9.17) is 23.8 Å². The minimum Gasteiger partial charge on any atom is -0.349 e. The molecule has 0 heterocycles. The molecular weight excluding hydrogens is 289 g/mol. The third-order valence-corrected chi connectivity index (χ3v) is 3.24. The summed E-state index contributed by atoms with van der Waals surface area (Å²) in [6.07, 6.45) is 0.694. The van der Waals surface area contributed by atoms with Crippen LogP contribution in [0.15, 0.2) is 16.6 Å². The van der Waals surface area contributed by atoms with Gasteiger partial charge in [-0.25, -0.2) is 4.39 Å². The molecule has 0 spiro atoms. The van der Waals surface area contributed by atoms with Crippen molar-refractivity contribution < 1.29 is 4.39 Å². The van der Waals surface area contributed by atoms with E-state index >= 15 is 0 Å². The maximum Gasteiger partial charge on any atom is 0.126 e. The van der Waals surface area contributed by atoms with E-state index in [9.17, 15) is 4.39 Å². The Morgan fingerprint density at radius 2 is 2.29 bits per heavy atom. The van der Waals surface area contributed by atoms with E-state index in [2.05, 4.69) is 21.2 Å². The van der Waals surface area contributed by atoms with Gasteiger partial charge in [-0.05, 0) is 34.5 Å². The molecule has 0 atom stereocenters. The molecule has 0 aromatic heterocycles. The Morgan fingerprint density at radius 3 is 2.86 bits per heavy atom. The lowest BCUT2D eigenvalue weighted by molar-refractivity contribution is 0.627. The molecule has 0 amide bonds. The summed E-state index contributed by atoms with van der Waals surface area (Å²) in [5.74, 6) is -0.359. The van der Waals surface area contributed by atoms with Crippen molar-refractivity contribution in [1.29, 1.82) is 0 Å². The van der Waals surface area contributed by atoms with Gasteiger partial charge in [-0.2, -0.15) is 0 Å². The number of hydrogen-bond acceptors (Lipinski definition) is 1. The van der Waals surface area contributed by atoms with Gasteiger partial charge >= 0.3 is 0 Å². The molecular formula is C9H8BrClFNS. The average molecular weight is 297 g/mol. The van der Waals surface area contributed by atoms with Crippen molar-refractivity contribution in [3.63, 3.8) is 0 Å². The van der Waals surface area contributed by atoms with E-state index in [0.29, 0.717) is 26.6 Å². The van der Waals surface area contributed by atoms with Crippen LogP contribution in [0.3, 0.4) is 0 Å². The summed E-state index contributed by atoms with van der Waals surface area (Å²) in [6, 6.07) is 2.62. The Kier molecular flexibility index (Phi) is 4.29. The second-order valence-corrected chi connectivity index (χ2v) is 4.38. The summed E-state index contributed by atoms with van der Waals surface area (Å²) >= 11 is 14.1. The number of hydrogen-bond donors (Lipinski definition) is 1. The molecule has 0 aliphatic carbocycles. The molecule has 1 aromatic rings. The van der Waals surface area contributed by atoms with E-state index < -0.39 is 0 Å². The Morgan fingerprint density at radius 1 is 1.64 bits per heavy atom. The quantitative estimate of drug-likeness (QED) is 0.641. The standard InChI is InChI=1S/C9H8BrClFNS/c1-2-8(14)13-7-4-5(12)3-6(10)9(7)11/h3-4H,2H2,1H3,(H,13,14). The van der Waals surface area contributed by atoms with E-state index in [1.165, 1.54) is 12.1 Å². The summed E-state index contributed by atoms with van der Waals surface area (Å²) in [5, 5.41) is 3.30. The minimum atomic E-state index is -0.359. The van der Waals surface area contributed by atoms with Gasteiger partial charge in [-0.1, -0.05) is 30.7 Å². The highest BCUT2D eigenvalue weighted by atomic mass is 79.9. The molecule has 0 saturated heterocycles. The van der Waals surface area contributed by atoms with Gasteiger partial charge in [-0.3, -0.25) is 0 Å². The van der Waals surface area contributed by atoms with Crippen molar-refractivity contribution in [2.45, 2.75) is 13.3 Å². The van der Waals surface area contributed by atoms with Crippen molar-refractivity contribution in [3.05, 3.63) is 27.4 Å². The van der Waals surface area contributed by atoms with Crippen molar-refractivity contribution in [2.75, 3.05) is 5.32 Å². The number of nitrogens with one attached hydrogen (secondary N) is 1. The molecule has 0 saturated carbocycles. The number of halogens is 3. The first-order valence-electron chi connectivity index (χ1n) is 3.99. The smallest absolute Gasteiger partial charge is 0.126 e. The zero-order valence-electron chi connectivity index (χ0n) is 7.40. The van der Waals surface area contributed by atoms with Crippen LogP contribution in [0.4, 0.5) is 10.1 Å². The van der Waals surface area contributed by atoms with Gasteiger partial charge in [0.25, 0.3) is 0 Å². The summed E-state index contributed by atoms with van der Waals surface area (Å²) in [6.45, 7) is 1.91. The second kappa shape index (κ2) is 5.05. The molecule has 0 aliphatic heterocycles. The lowest BCUT2D eigenvalue weighted by atomic mass is 10.3. The fourth-order valence-corrected chi connectivity index (χ4v) is 1.58. The van der Waals surface area contributed by atoms with E-state index in [-0.39, 0.29) is 5.82 Å². The predicted molar refractivity (Wildman–Crippen MR) is 65.6 cm³/mol. The van der Waals surface area contributed by atoms with Crippen LogP contribution in [-0.2, 0) is 0 Å². The van der Waals surface area contributed by atoms with Crippen LogP contribution in [0.1, 0.15) is 13.3 Å². The highest BCUT2D eigenvalue weighted by Gasteiger charge is 2.07. The van der Waals surface area contributed by atoms with Crippen LogP contribution in [0.5, 0.6) is 0 Å². The third-order valence-electron chi connectivity index (χ3n) is 1.59. The summed E-state index contributed by atoms with van der Waals surface area (Å²) < 4.78 is 13.5. The van der Waals surface area contributed by atoms with Crippen LogP contribution >= 0.6 is 39.7 Å². The SMILES string of the molecule is CCC(=S)Nc1cc(F)cc(Br)c1Cl. The van der Waals surface area contributed by atoms with Crippen molar-refractivity contribution in [1.82, 2.24) is 0 Å². The van der Waals surface area contributed by atoms with Gasteiger partial charge in [0.2, 0.25) is 0 Å². The number of anilines is 1. The summed E-state index contributed by atoms with van der Waals surface area (Å²) in [4.78, 5) is 0.629. The Labute approximate surface area is 101 Å². The monoisotopic (exact) mass is 295 g/mol. The molecule has 1 N–H and O–H groups in total. The van der Waals surface area contributed by atoms with Gasteiger partial charge in [-0.15, -0.1) is 0 Å². The largest absolute Gasteiger partial charge is 0.349 e. The molecule has 5 heteroatoms. The van der Waals surface area contributed by atoms with E-state index in [1.54, 1.807) is 0 Å². The molecule has 0 unspecified atom stereocenters. The number of thiocarbonyl (C=S) groups is 1. The molecule has 1 aromatic carbocycles. The Bertz CT molecular complexity index is 370. The first-order valence-corrected chi connectivity index (χ1v) is 5.57. The van der Waals surface area contributed by atoms with Crippen molar-refractivity contribution in [2.24, 2.45) is 0 Å². The lowest BCUT2D eigenvalue weighted by Gasteiger charge is -2.09. The second-order valence-electron chi connectivity index (χ2n) is 2.65. The third kappa shape index (κ3) is 2.90. The molecule has 0 fully saturated rings. The first kappa shape index (κ1) is 11.9. The van der Waals surface area contributed by atoms with Crippen LogP contribution in [0.25, 0.3) is 0 Å². The zero-order chi connectivity index (χ0) is 10.7. The number of benzene rings is 1. The van der Waals surface area contributed by atoms with Gasteiger partial charge < -0.3 is 5.32 Å². The molecule has 0 bridgehead atoms. The van der Waals surface area contributed by atoms with E-state index in [0.717, 1.165) is 0 Å². The Balaban J connectivity index is 3.02. The normalized spacial score (nSPS) is 10.0. The molecule has 14 heavy (non-hydrogen) atoms. The average Bonchev–Trinajstić information content (AvgIpc) is 2.13. The topological polar surface area (TPSA) is 12.0 Å². The molecule has 0 aliphatic rings. The van der Waals surface area contributed by atoms with Crippen molar-refractivity contribution >= 4 is 50.4 Å². The lowest BCUT2D eigenvalue weighted by Crippen LogP contribution is -2.07. The van der Waals surface area contributed by atoms with Crippen LogP contribution in [0, 0.1) is 5.82 Å². The van der Waals surface area contributed by atoms with Crippen molar-refractivity contribution in [3.8, 4) is 0 Å². The predicted octanol–water partition coefficient (Wildman–Crippen LogP) is 4.39. The van der Waals surface area contributed by atoms with Gasteiger partial charge in [0, 0.05) is 4.47 Å². The maximum atomic E-state index is 13.0. The minimum absolute atomic E-state index is 0.359. The van der Waals surface area contributed by atoms with Gasteiger partial charge in [0.05, 0.1) is 15.7 Å². The van der Waals surface area contributed by atoms with Crippen LogP contribution < -0.4 is 5.32 Å². The molecule has 0 radical (unpaired) electrons. The van der Waals surface area contributed by atoms with Gasteiger partial charge in [0.1, 0.15) is 5.82 Å². The maximum absolute atomic E-state index is 13.0.